The van der Waals surface area contributed by atoms with Gasteiger partial charge in [0.05, 0.1) is 28.8 Å². The highest BCUT2D eigenvalue weighted by Gasteiger charge is 2.33. The Morgan fingerprint density at radius 1 is 1.32 bits per heavy atom. The van der Waals surface area contributed by atoms with E-state index < -0.39 is 11.4 Å². The highest BCUT2D eigenvalue weighted by atomic mass is 32.2. The van der Waals surface area contributed by atoms with Gasteiger partial charge >= 0.3 is 0 Å². The first-order valence-electron chi connectivity index (χ1n) is 8.90. The van der Waals surface area contributed by atoms with Gasteiger partial charge < -0.3 is 15.2 Å². The van der Waals surface area contributed by atoms with Crippen LogP contribution >= 0.6 is 22.7 Å². The fraction of sp³-hybridized carbons (Fsp3) is 0.389. The van der Waals surface area contributed by atoms with E-state index in [4.69, 9.17) is 5.73 Å². The van der Waals surface area contributed by atoms with E-state index in [2.05, 4.69) is 14.9 Å². The lowest BCUT2D eigenvalue weighted by atomic mass is 10.1. The standard InChI is InChI=1S/C18H21N5O2S3/c1-9-4-5-13(26-9)28(25)22-12-6-7-23(8-12)18(24)16-15(19)14-10(2)11(3)20-21-17(14)27-16/h4-5,12,22H,6-8,19H2,1-3H3. The molecule has 0 aromatic carbocycles. The van der Waals surface area contributed by atoms with Gasteiger partial charge in [-0.25, -0.2) is 0 Å². The number of hydrogen-bond acceptors (Lipinski definition) is 8. The molecule has 2 unspecified atom stereocenters. The van der Waals surface area contributed by atoms with Crippen molar-refractivity contribution in [2.24, 2.45) is 0 Å². The molecule has 3 aromatic heterocycles. The number of nitrogen functional groups attached to an aromatic ring is 1. The number of nitrogens with zero attached hydrogens (tertiary/aromatic N) is 3. The van der Waals surface area contributed by atoms with E-state index in [0.29, 0.717) is 28.5 Å². The molecular weight excluding hydrogens is 414 g/mol. The number of anilines is 1. The van der Waals surface area contributed by atoms with Crippen LogP contribution in [0.5, 0.6) is 0 Å². The van der Waals surface area contributed by atoms with Gasteiger partial charge in [0.25, 0.3) is 5.91 Å². The minimum atomic E-state index is -1.26. The van der Waals surface area contributed by atoms with Crippen LogP contribution in [0.2, 0.25) is 0 Å². The van der Waals surface area contributed by atoms with Gasteiger partial charge in [-0.1, -0.05) is 11.3 Å². The Kier molecular flexibility index (Phi) is 5.32. The molecule has 4 rings (SSSR count). The van der Waals surface area contributed by atoms with Crippen LogP contribution in [0.25, 0.3) is 10.2 Å². The third kappa shape index (κ3) is 3.50. The second-order valence-electron chi connectivity index (χ2n) is 6.92. The quantitative estimate of drug-likeness (QED) is 0.610. The summed E-state index contributed by atoms with van der Waals surface area (Å²) < 4.78 is 16.4. The van der Waals surface area contributed by atoms with E-state index in [0.717, 1.165) is 32.2 Å². The molecule has 28 heavy (non-hydrogen) atoms. The molecule has 148 valence electrons. The number of carbonyl (C=O) groups excluding carboxylic acids is 1. The zero-order chi connectivity index (χ0) is 20.0. The van der Waals surface area contributed by atoms with Crippen LogP contribution in [0.15, 0.2) is 16.3 Å². The minimum absolute atomic E-state index is 0.00781. The van der Waals surface area contributed by atoms with Crippen LogP contribution in [0, 0.1) is 20.8 Å². The third-order valence-electron chi connectivity index (χ3n) is 4.98. The first kappa shape index (κ1) is 19.6. The van der Waals surface area contributed by atoms with Crippen LogP contribution < -0.4 is 10.5 Å². The van der Waals surface area contributed by atoms with Crippen LogP contribution in [0.4, 0.5) is 5.69 Å². The van der Waals surface area contributed by atoms with E-state index in [-0.39, 0.29) is 11.9 Å². The van der Waals surface area contributed by atoms with Crippen LogP contribution in [0.3, 0.4) is 0 Å². The average Bonchev–Trinajstić information content (AvgIpc) is 3.37. The Hall–Kier alpha value is -1.72. The molecule has 4 heterocycles. The predicted molar refractivity (Wildman–Crippen MR) is 114 cm³/mol. The van der Waals surface area contributed by atoms with Crippen molar-refractivity contribution in [2.45, 2.75) is 37.4 Å². The second-order valence-corrected chi connectivity index (χ2v) is 10.7. The number of rotatable bonds is 4. The van der Waals surface area contributed by atoms with Crippen molar-refractivity contribution in [2.75, 3.05) is 18.8 Å². The number of thiophene rings is 2. The lowest BCUT2D eigenvalue weighted by Crippen LogP contribution is -2.38. The number of likely N-dealkylation sites (tertiary alicyclic amines) is 1. The SMILES string of the molecule is Cc1ccc([S+]([O-])NC2CCN(C(=O)c3sc4nnc(C)c(C)c4c3N)C2)s1. The van der Waals surface area contributed by atoms with Crippen molar-refractivity contribution in [3.8, 4) is 0 Å². The Morgan fingerprint density at radius 3 is 2.82 bits per heavy atom. The van der Waals surface area contributed by atoms with Crippen molar-refractivity contribution >= 4 is 55.8 Å². The second kappa shape index (κ2) is 7.60. The Morgan fingerprint density at radius 2 is 2.11 bits per heavy atom. The molecule has 3 N–H and O–H groups in total. The zero-order valence-corrected chi connectivity index (χ0v) is 18.3. The maximum Gasteiger partial charge on any atom is 0.266 e. The zero-order valence-electron chi connectivity index (χ0n) is 15.8. The minimum Gasteiger partial charge on any atom is -0.592 e. The summed E-state index contributed by atoms with van der Waals surface area (Å²) in [5.74, 6) is -0.0976. The smallest absolute Gasteiger partial charge is 0.266 e. The molecule has 1 aliphatic heterocycles. The van der Waals surface area contributed by atoms with Crippen LogP contribution in [-0.4, -0.2) is 44.7 Å². The summed E-state index contributed by atoms with van der Waals surface area (Å²) in [4.78, 5) is 17.1. The predicted octanol–water partition coefficient (Wildman–Crippen LogP) is 2.79. The Bertz CT molecular complexity index is 1050. The maximum absolute atomic E-state index is 13.0. The maximum atomic E-state index is 13.0. The summed E-state index contributed by atoms with van der Waals surface area (Å²) in [6.45, 7) is 6.93. The molecule has 7 nitrogen and oxygen atoms in total. The molecule has 1 fully saturated rings. The van der Waals surface area contributed by atoms with E-state index in [1.807, 2.05) is 32.9 Å². The molecule has 0 bridgehead atoms. The molecule has 1 saturated heterocycles. The number of carbonyl (C=O) groups is 1. The van der Waals surface area contributed by atoms with Gasteiger partial charge in [0, 0.05) is 29.4 Å². The number of amides is 1. The summed E-state index contributed by atoms with van der Waals surface area (Å²) in [5, 5.41) is 9.14. The van der Waals surface area contributed by atoms with E-state index in [9.17, 15) is 9.35 Å². The van der Waals surface area contributed by atoms with E-state index in [1.165, 1.54) is 22.7 Å². The van der Waals surface area contributed by atoms with Crippen molar-refractivity contribution in [1.29, 1.82) is 0 Å². The van der Waals surface area contributed by atoms with Gasteiger partial charge in [-0.05, 0) is 38.8 Å². The molecule has 0 spiro atoms. The number of aryl methyl sites for hydroxylation is 3. The number of nitrogens with one attached hydrogen (secondary N) is 1. The van der Waals surface area contributed by atoms with Gasteiger partial charge in [0.1, 0.15) is 9.71 Å². The molecule has 10 heteroatoms. The topological polar surface area (TPSA) is 107 Å². The summed E-state index contributed by atoms with van der Waals surface area (Å²) in [7, 11) is 0. The summed E-state index contributed by atoms with van der Waals surface area (Å²) >= 11 is 1.55. The van der Waals surface area contributed by atoms with Crippen molar-refractivity contribution in [3.63, 3.8) is 0 Å². The first-order chi connectivity index (χ1) is 13.3. The van der Waals surface area contributed by atoms with Crippen LogP contribution in [-0.2, 0) is 11.4 Å². The van der Waals surface area contributed by atoms with Gasteiger partial charge in [0.2, 0.25) is 4.21 Å². The number of hydrogen-bond donors (Lipinski definition) is 2. The summed E-state index contributed by atoms with van der Waals surface area (Å²) in [6, 6.07) is 3.83. The lowest BCUT2D eigenvalue weighted by Gasteiger charge is -2.17. The fourth-order valence-corrected chi connectivity index (χ4v) is 6.61. The van der Waals surface area contributed by atoms with Gasteiger partial charge in [-0.2, -0.15) is 5.10 Å². The first-order valence-corrected chi connectivity index (χ1v) is 11.7. The Labute approximate surface area is 174 Å². The van der Waals surface area contributed by atoms with Gasteiger partial charge in [0.15, 0.2) is 0 Å². The lowest BCUT2D eigenvalue weighted by molar-refractivity contribution is 0.0796. The third-order valence-corrected chi connectivity index (χ3v) is 8.60. The van der Waals surface area contributed by atoms with E-state index in [1.54, 1.807) is 4.90 Å². The van der Waals surface area contributed by atoms with Crippen molar-refractivity contribution in [1.82, 2.24) is 19.8 Å². The van der Waals surface area contributed by atoms with Crippen LogP contribution in [0.1, 0.15) is 32.2 Å². The van der Waals surface area contributed by atoms with Crippen molar-refractivity contribution < 1.29 is 9.35 Å². The van der Waals surface area contributed by atoms with Crippen molar-refractivity contribution in [3.05, 3.63) is 33.1 Å². The van der Waals surface area contributed by atoms with Gasteiger partial charge in [-0.15, -0.1) is 21.2 Å². The largest absolute Gasteiger partial charge is 0.592 e. The highest BCUT2D eigenvalue weighted by molar-refractivity contribution is 7.91. The molecule has 3 aromatic rings. The highest BCUT2D eigenvalue weighted by Crippen LogP contribution is 2.36. The summed E-state index contributed by atoms with van der Waals surface area (Å²) in [5.41, 5.74) is 8.56. The number of nitrogens with two attached hydrogens (primary N) is 1. The van der Waals surface area contributed by atoms with Gasteiger partial charge in [-0.3, -0.25) is 4.79 Å². The molecule has 2 atom stereocenters. The molecule has 0 saturated carbocycles. The molecule has 0 radical (unpaired) electrons. The molecule has 0 aliphatic carbocycles. The fourth-order valence-electron chi connectivity index (χ4n) is 3.31. The average molecular weight is 436 g/mol. The number of fused-ring (bicyclic) bond motifs is 1. The number of aromatic nitrogens is 2. The normalized spacial score (nSPS) is 18.1. The molecule has 1 aliphatic rings. The monoisotopic (exact) mass is 435 g/mol. The summed E-state index contributed by atoms with van der Waals surface area (Å²) in [6.07, 6.45) is 0.755. The molecule has 1 amide bonds. The molecular formula is C18H21N5O2S3. The Balaban J connectivity index is 1.48. The van der Waals surface area contributed by atoms with E-state index >= 15 is 0 Å².